The highest BCUT2D eigenvalue weighted by atomic mass is 35.5. The number of amides is 2. The second-order valence-corrected chi connectivity index (χ2v) is 5.26. The van der Waals surface area contributed by atoms with Crippen LogP contribution in [0.2, 0.25) is 5.02 Å². The number of urea groups is 1. The molecule has 2 N–H and O–H groups in total. The number of nitrogens with zero attached hydrogens (tertiary/aromatic N) is 1. The standard InChI is InChI=1S/C16H14ClN3O3/c17-11-5-1-2-6-12(11)19-15(21)18-9-10-20-13-7-3-4-8-14(13)23-16(20)22/h1-8H,9-10H2,(H2,18,19,21). The SMILES string of the molecule is O=C(NCCn1c(=O)oc2ccccc21)Nc1ccccc1Cl. The second kappa shape index (κ2) is 6.58. The monoisotopic (exact) mass is 331 g/mol. The Balaban J connectivity index is 1.61. The van der Waals surface area contributed by atoms with Crippen molar-refractivity contribution in [3.05, 3.63) is 64.1 Å². The van der Waals surface area contributed by atoms with Crippen LogP contribution >= 0.6 is 11.6 Å². The van der Waals surface area contributed by atoms with E-state index < -0.39 is 5.76 Å². The van der Waals surface area contributed by atoms with E-state index in [2.05, 4.69) is 10.6 Å². The molecule has 0 spiro atoms. The van der Waals surface area contributed by atoms with Gasteiger partial charge in [0.1, 0.15) is 0 Å². The Labute approximate surface area is 136 Å². The summed E-state index contributed by atoms with van der Waals surface area (Å²) in [4.78, 5) is 23.7. The number of rotatable bonds is 4. The molecule has 3 aromatic rings. The molecular weight excluding hydrogens is 318 g/mol. The minimum Gasteiger partial charge on any atom is -0.408 e. The maximum absolute atomic E-state index is 11.8. The van der Waals surface area contributed by atoms with Gasteiger partial charge in [0.05, 0.1) is 16.2 Å². The van der Waals surface area contributed by atoms with Gasteiger partial charge in [-0.25, -0.2) is 9.59 Å². The zero-order valence-corrected chi connectivity index (χ0v) is 12.8. The number of hydrogen-bond donors (Lipinski definition) is 2. The lowest BCUT2D eigenvalue weighted by Gasteiger charge is -2.09. The topological polar surface area (TPSA) is 76.3 Å². The van der Waals surface area contributed by atoms with Crippen molar-refractivity contribution in [2.24, 2.45) is 0 Å². The zero-order chi connectivity index (χ0) is 16.2. The molecule has 0 bridgehead atoms. The lowest BCUT2D eigenvalue weighted by molar-refractivity contribution is 0.251. The van der Waals surface area contributed by atoms with E-state index in [4.69, 9.17) is 16.0 Å². The third kappa shape index (κ3) is 3.37. The molecule has 0 aliphatic carbocycles. The molecule has 0 saturated heterocycles. The summed E-state index contributed by atoms with van der Waals surface area (Å²) in [6, 6.07) is 13.7. The molecule has 1 aromatic heterocycles. The Bertz CT molecular complexity index is 901. The van der Waals surface area contributed by atoms with Gasteiger partial charge in [-0.2, -0.15) is 0 Å². The fourth-order valence-corrected chi connectivity index (χ4v) is 2.42. The molecule has 0 atom stereocenters. The van der Waals surface area contributed by atoms with Gasteiger partial charge < -0.3 is 15.1 Å². The van der Waals surface area contributed by atoms with E-state index in [1.54, 1.807) is 42.5 Å². The fraction of sp³-hybridized carbons (Fsp3) is 0.125. The third-order valence-electron chi connectivity index (χ3n) is 3.32. The highest BCUT2D eigenvalue weighted by Gasteiger charge is 2.09. The molecule has 0 fully saturated rings. The summed E-state index contributed by atoms with van der Waals surface area (Å²) in [6.45, 7) is 0.589. The summed E-state index contributed by atoms with van der Waals surface area (Å²) in [5.74, 6) is -0.445. The van der Waals surface area contributed by atoms with Gasteiger partial charge in [0.2, 0.25) is 0 Å². The number of anilines is 1. The molecule has 0 unspecified atom stereocenters. The molecule has 118 valence electrons. The maximum Gasteiger partial charge on any atom is 0.420 e. The minimum absolute atomic E-state index is 0.278. The normalized spacial score (nSPS) is 10.7. The number of carbonyl (C=O) groups excluding carboxylic acids is 1. The highest BCUT2D eigenvalue weighted by molar-refractivity contribution is 6.33. The van der Waals surface area contributed by atoms with Gasteiger partial charge in [-0.05, 0) is 24.3 Å². The van der Waals surface area contributed by atoms with Gasteiger partial charge in [0.25, 0.3) is 0 Å². The third-order valence-corrected chi connectivity index (χ3v) is 3.65. The molecule has 0 saturated carbocycles. The Morgan fingerprint density at radius 1 is 1.13 bits per heavy atom. The Hall–Kier alpha value is -2.73. The van der Waals surface area contributed by atoms with E-state index in [9.17, 15) is 9.59 Å². The zero-order valence-electron chi connectivity index (χ0n) is 12.1. The quantitative estimate of drug-likeness (QED) is 0.771. The molecular formula is C16H14ClN3O3. The van der Waals surface area contributed by atoms with Crippen molar-refractivity contribution in [2.45, 2.75) is 6.54 Å². The minimum atomic E-state index is -0.445. The predicted octanol–water partition coefficient (Wildman–Crippen LogP) is 3.07. The summed E-state index contributed by atoms with van der Waals surface area (Å²) < 4.78 is 6.61. The maximum atomic E-state index is 11.8. The number of carbonyl (C=O) groups is 1. The molecule has 6 nitrogen and oxygen atoms in total. The molecule has 23 heavy (non-hydrogen) atoms. The summed E-state index contributed by atoms with van der Waals surface area (Å²) in [5.41, 5.74) is 1.75. The first kappa shape index (κ1) is 15.2. The van der Waals surface area contributed by atoms with E-state index in [0.29, 0.717) is 28.4 Å². The van der Waals surface area contributed by atoms with Crippen LogP contribution in [0.5, 0.6) is 0 Å². The molecule has 3 rings (SSSR count). The first-order valence-corrected chi connectivity index (χ1v) is 7.41. The van der Waals surface area contributed by atoms with Crippen LogP contribution in [0.3, 0.4) is 0 Å². The van der Waals surface area contributed by atoms with Gasteiger partial charge in [-0.15, -0.1) is 0 Å². The van der Waals surface area contributed by atoms with E-state index in [1.807, 2.05) is 6.07 Å². The van der Waals surface area contributed by atoms with Crippen LogP contribution < -0.4 is 16.4 Å². The van der Waals surface area contributed by atoms with Crippen LogP contribution in [-0.2, 0) is 6.54 Å². The number of para-hydroxylation sites is 3. The number of hydrogen-bond acceptors (Lipinski definition) is 3. The van der Waals surface area contributed by atoms with Crippen LogP contribution in [0.25, 0.3) is 11.1 Å². The van der Waals surface area contributed by atoms with Crippen molar-refractivity contribution < 1.29 is 9.21 Å². The highest BCUT2D eigenvalue weighted by Crippen LogP contribution is 2.20. The first-order valence-electron chi connectivity index (χ1n) is 7.03. The van der Waals surface area contributed by atoms with Crippen LogP contribution in [-0.4, -0.2) is 17.1 Å². The van der Waals surface area contributed by atoms with Crippen molar-refractivity contribution in [2.75, 3.05) is 11.9 Å². The van der Waals surface area contributed by atoms with Gasteiger partial charge in [-0.1, -0.05) is 35.9 Å². The smallest absolute Gasteiger partial charge is 0.408 e. The van der Waals surface area contributed by atoms with Crippen LogP contribution in [0.4, 0.5) is 10.5 Å². The Morgan fingerprint density at radius 2 is 1.87 bits per heavy atom. The number of nitrogens with one attached hydrogen (secondary N) is 2. The molecule has 2 amide bonds. The van der Waals surface area contributed by atoms with Crippen molar-refractivity contribution in [1.29, 1.82) is 0 Å². The van der Waals surface area contributed by atoms with Gasteiger partial charge in [-0.3, -0.25) is 4.57 Å². The summed E-state index contributed by atoms with van der Waals surface area (Å²) in [6.07, 6.45) is 0. The second-order valence-electron chi connectivity index (χ2n) is 4.85. The average Bonchev–Trinajstić information content (AvgIpc) is 2.86. The number of oxazole rings is 1. The van der Waals surface area contributed by atoms with E-state index in [-0.39, 0.29) is 12.6 Å². The summed E-state index contributed by atoms with van der Waals surface area (Å²) >= 11 is 5.97. The number of aromatic nitrogens is 1. The fourth-order valence-electron chi connectivity index (χ4n) is 2.24. The largest absolute Gasteiger partial charge is 0.420 e. The van der Waals surface area contributed by atoms with Crippen molar-refractivity contribution in [3.63, 3.8) is 0 Å². The van der Waals surface area contributed by atoms with E-state index in [1.165, 1.54) is 4.57 Å². The lowest BCUT2D eigenvalue weighted by Crippen LogP contribution is -2.33. The lowest BCUT2D eigenvalue weighted by atomic mass is 10.3. The van der Waals surface area contributed by atoms with Gasteiger partial charge in [0.15, 0.2) is 5.58 Å². The van der Waals surface area contributed by atoms with E-state index >= 15 is 0 Å². The number of fused-ring (bicyclic) bond motifs is 1. The molecule has 7 heteroatoms. The summed E-state index contributed by atoms with van der Waals surface area (Å²) in [7, 11) is 0. The molecule has 0 aliphatic rings. The first-order chi connectivity index (χ1) is 11.1. The van der Waals surface area contributed by atoms with E-state index in [0.717, 1.165) is 0 Å². The predicted molar refractivity (Wildman–Crippen MR) is 88.9 cm³/mol. The molecule has 0 aliphatic heterocycles. The Morgan fingerprint density at radius 3 is 2.70 bits per heavy atom. The van der Waals surface area contributed by atoms with Crippen molar-refractivity contribution >= 4 is 34.4 Å². The van der Waals surface area contributed by atoms with Gasteiger partial charge in [0, 0.05) is 13.1 Å². The molecule has 0 radical (unpaired) electrons. The molecule has 1 heterocycles. The number of benzene rings is 2. The van der Waals surface area contributed by atoms with Crippen LogP contribution in [0.1, 0.15) is 0 Å². The van der Waals surface area contributed by atoms with Crippen LogP contribution in [0, 0.1) is 0 Å². The van der Waals surface area contributed by atoms with Gasteiger partial charge >= 0.3 is 11.8 Å². The number of halogens is 1. The van der Waals surface area contributed by atoms with Crippen molar-refractivity contribution in [3.8, 4) is 0 Å². The molecule has 2 aromatic carbocycles. The average molecular weight is 332 g/mol. The van der Waals surface area contributed by atoms with Crippen molar-refractivity contribution in [1.82, 2.24) is 9.88 Å². The Kier molecular flexibility index (Phi) is 4.34. The summed E-state index contributed by atoms with van der Waals surface area (Å²) in [5, 5.41) is 5.79. The van der Waals surface area contributed by atoms with Crippen LogP contribution in [0.15, 0.2) is 57.7 Å².